The molecular weight excluding hydrogens is 266 g/mol. The van der Waals surface area contributed by atoms with Gasteiger partial charge in [0, 0.05) is 37.6 Å². The first-order chi connectivity index (χ1) is 10.3. The Balaban J connectivity index is 1.60. The molecule has 3 heterocycles. The normalized spacial score (nSPS) is 26.4. The van der Waals surface area contributed by atoms with E-state index in [0.29, 0.717) is 18.5 Å². The zero-order valence-corrected chi connectivity index (χ0v) is 12.3. The fourth-order valence-corrected chi connectivity index (χ4v) is 3.43. The van der Waals surface area contributed by atoms with Gasteiger partial charge in [-0.05, 0) is 43.5 Å². The highest BCUT2D eigenvalue weighted by Gasteiger charge is 2.39. The second-order valence-electron chi connectivity index (χ2n) is 6.04. The second kappa shape index (κ2) is 6.54. The molecule has 114 valence electrons. The standard InChI is InChI=1S/C16H23N3O2/c20-12-15-10-14-11-18(7-1-2-8-19(14)15)16(21)9-13-3-5-17-6-4-13/h3-6,14-15,20H,1-2,7-12H2/t14-,15+/m1/s1. The van der Waals surface area contributed by atoms with Crippen molar-refractivity contribution in [1.29, 1.82) is 0 Å². The Hall–Kier alpha value is -1.46. The second-order valence-corrected chi connectivity index (χ2v) is 6.04. The molecule has 1 aromatic heterocycles. The number of amides is 1. The van der Waals surface area contributed by atoms with E-state index in [1.807, 2.05) is 17.0 Å². The summed E-state index contributed by atoms with van der Waals surface area (Å²) in [5.74, 6) is 0.204. The lowest BCUT2D eigenvalue weighted by Gasteiger charge is -2.51. The molecule has 0 bridgehead atoms. The fourth-order valence-electron chi connectivity index (χ4n) is 3.43. The topological polar surface area (TPSA) is 56.7 Å². The molecule has 1 N–H and O–H groups in total. The number of hydrogen-bond donors (Lipinski definition) is 1. The van der Waals surface area contributed by atoms with Gasteiger partial charge in [0.05, 0.1) is 13.0 Å². The van der Waals surface area contributed by atoms with Crippen molar-refractivity contribution in [3.05, 3.63) is 30.1 Å². The molecule has 0 aliphatic carbocycles. The average Bonchev–Trinajstić information content (AvgIpc) is 2.47. The Bertz CT molecular complexity index is 480. The van der Waals surface area contributed by atoms with Crippen LogP contribution in [-0.4, -0.2) is 64.1 Å². The van der Waals surface area contributed by atoms with Gasteiger partial charge in [0.15, 0.2) is 0 Å². The summed E-state index contributed by atoms with van der Waals surface area (Å²) in [5, 5.41) is 9.33. The number of aromatic nitrogens is 1. The minimum Gasteiger partial charge on any atom is -0.395 e. The fraction of sp³-hybridized carbons (Fsp3) is 0.625. The van der Waals surface area contributed by atoms with Crippen LogP contribution < -0.4 is 0 Å². The lowest BCUT2D eigenvalue weighted by atomic mass is 9.91. The summed E-state index contributed by atoms with van der Waals surface area (Å²) in [4.78, 5) is 20.9. The first-order valence-electron chi connectivity index (χ1n) is 7.81. The van der Waals surface area contributed by atoms with Crippen LogP contribution in [0.4, 0.5) is 0 Å². The first-order valence-corrected chi connectivity index (χ1v) is 7.81. The highest BCUT2D eigenvalue weighted by molar-refractivity contribution is 5.78. The van der Waals surface area contributed by atoms with Crippen LogP contribution in [0.5, 0.6) is 0 Å². The van der Waals surface area contributed by atoms with Gasteiger partial charge >= 0.3 is 0 Å². The SMILES string of the molecule is O=C(Cc1ccncc1)N1CCCCN2[C@H](CO)C[C@@H]2C1. The number of aliphatic hydroxyl groups is 1. The third kappa shape index (κ3) is 3.24. The van der Waals surface area contributed by atoms with E-state index < -0.39 is 0 Å². The molecule has 5 heteroatoms. The van der Waals surface area contributed by atoms with Gasteiger partial charge < -0.3 is 10.0 Å². The van der Waals surface area contributed by atoms with Crippen molar-refractivity contribution in [3.63, 3.8) is 0 Å². The lowest BCUT2D eigenvalue weighted by Crippen LogP contribution is -2.62. The van der Waals surface area contributed by atoms with Gasteiger partial charge in [0.1, 0.15) is 0 Å². The molecule has 0 saturated carbocycles. The van der Waals surface area contributed by atoms with Crippen LogP contribution in [0.2, 0.25) is 0 Å². The highest BCUT2D eigenvalue weighted by Crippen LogP contribution is 2.28. The molecule has 0 aromatic carbocycles. The Morgan fingerprint density at radius 3 is 2.81 bits per heavy atom. The predicted molar refractivity (Wildman–Crippen MR) is 79.7 cm³/mol. The Morgan fingerprint density at radius 2 is 2.05 bits per heavy atom. The molecule has 2 atom stereocenters. The van der Waals surface area contributed by atoms with E-state index in [1.54, 1.807) is 12.4 Å². The molecule has 0 unspecified atom stereocenters. The summed E-state index contributed by atoms with van der Waals surface area (Å²) in [6.45, 7) is 2.96. The van der Waals surface area contributed by atoms with E-state index in [9.17, 15) is 9.90 Å². The van der Waals surface area contributed by atoms with Crippen molar-refractivity contribution in [2.24, 2.45) is 0 Å². The van der Waals surface area contributed by atoms with Crippen molar-refractivity contribution >= 4 is 5.91 Å². The van der Waals surface area contributed by atoms with Crippen molar-refractivity contribution in [2.45, 2.75) is 37.8 Å². The van der Waals surface area contributed by atoms with Crippen molar-refractivity contribution in [3.8, 4) is 0 Å². The molecule has 2 aliphatic rings. The maximum absolute atomic E-state index is 12.5. The number of rotatable bonds is 3. The molecule has 1 aromatic rings. The van der Waals surface area contributed by atoms with E-state index in [-0.39, 0.29) is 12.5 Å². The van der Waals surface area contributed by atoms with E-state index in [2.05, 4.69) is 9.88 Å². The maximum Gasteiger partial charge on any atom is 0.227 e. The van der Waals surface area contributed by atoms with Crippen LogP contribution in [0.3, 0.4) is 0 Å². The van der Waals surface area contributed by atoms with Crippen LogP contribution >= 0.6 is 0 Å². The Morgan fingerprint density at radius 1 is 1.29 bits per heavy atom. The summed E-state index contributed by atoms with van der Waals surface area (Å²) in [7, 11) is 0. The summed E-state index contributed by atoms with van der Waals surface area (Å²) < 4.78 is 0. The van der Waals surface area contributed by atoms with Gasteiger partial charge in [-0.2, -0.15) is 0 Å². The number of carbonyl (C=O) groups excluding carboxylic acids is 1. The maximum atomic E-state index is 12.5. The molecule has 5 nitrogen and oxygen atoms in total. The number of carbonyl (C=O) groups is 1. The Kier molecular flexibility index (Phi) is 4.51. The van der Waals surface area contributed by atoms with E-state index in [4.69, 9.17) is 0 Å². The third-order valence-electron chi connectivity index (χ3n) is 4.68. The van der Waals surface area contributed by atoms with Crippen molar-refractivity contribution in [1.82, 2.24) is 14.8 Å². The molecule has 1 amide bonds. The molecule has 2 saturated heterocycles. The van der Waals surface area contributed by atoms with Crippen molar-refractivity contribution in [2.75, 3.05) is 26.2 Å². The summed E-state index contributed by atoms with van der Waals surface area (Å²) in [6.07, 6.45) is 7.08. The molecule has 21 heavy (non-hydrogen) atoms. The van der Waals surface area contributed by atoms with Gasteiger partial charge in [-0.15, -0.1) is 0 Å². The van der Waals surface area contributed by atoms with E-state index >= 15 is 0 Å². The quantitative estimate of drug-likeness (QED) is 0.889. The molecule has 2 aliphatic heterocycles. The third-order valence-corrected chi connectivity index (χ3v) is 4.68. The van der Waals surface area contributed by atoms with Gasteiger partial charge in [-0.25, -0.2) is 0 Å². The zero-order valence-electron chi connectivity index (χ0n) is 12.3. The van der Waals surface area contributed by atoms with Gasteiger partial charge in [-0.3, -0.25) is 14.7 Å². The number of hydrogen-bond acceptors (Lipinski definition) is 4. The van der Waals surface area contributed by atoms with Crippen LogP contribution in [0.25, 0.3) is 0 Å². The van der Waals surface area contributed by atoms with Crippen LogP contribution in [-0.2, 0) is 11.2 Å². The minimum absolute atomic E-state index is 0.204. The van der Waals surface area contributed by atoms with Crippen molar-refractivity contribution < 1.29 is 9.90 Å². The number of pyridine rings is 1. The molecular formula is C16H23N3O2. The zero-order chi connectivity index (χ0) is 14.7. The number of nitrogens with zero attached hydrogens (tertiary/aromatic N) is 3. The molecule has 2 fully saturated rings. The van der Waals surface area contributed by atoms with E-state index in [1.165, 1.54) is 0 Å². The molecule has 3 rings (SSSR count). The monoisotopic (exact) mass is 289 g/mol. The first kappa shape index (κ1) is 14.5. The van der Waals surface area contributed by atoms with Crippen LogP contribution in [0.1, 0.15) is 24.8 Å². The average molecular weight is 289 g/mol. The highest BCUT2D eigenvalue weighted by atomic mass is 16.3. The summed E-state index contributed by atoms with van der Waals surface area (Å²) >= 11 is 0. The molecule has 0 radical (unpaired) electrons. The minimum atomic E-state index is 0.204. The van der Waals surface area contributed by atoms with Gasteiger partial charge in [0.25, 0.3) is 0 Å². The lowest BCUT2D eigenvalue weighted by molar-refractivity contribution is -0.134. The van der Waals surface area contributed by atoms with Crippen LogP contribution in [0.15, 0.2) is 24.5 Å². The Labute approximate surface area is 125 Å². The smallest absolute Gasteiger partial charge is 0.227 e. The largest absolute Gasteiger partial charge is 0.395 e. The summed E-state index contributed by atoms with van der Waals surface area (Å²) in [5.41, 5.74) is 1.02. The predicted octanol–water partition coefficient (Wildman–Crippen LogP) is 0.682. The van der Waals surface area contributed by atoms with Gasteiger partial charge in [0.2, 0.25) is 5.91 Å². The van der Waals surface area contributed by atoms with Gasteiger partial charge in [-0.1, -0.05) is 0 Å². The van der Waals surface area contributed by atoms with E-state index in [0.717, 1.165) is 44.5 Å². The summed E-state index contributed by atoms with van der Waals surface area (Å²) in [6, 6.07) is 4.55. The number of fused-ring (bicyclic) bond motifs is 1. The van der Waals surface area contributed by atoms with Crippen LogP contribution in [0, 0.1) is 0 Å². The molecule has 0 spiro atoms. The number of aliphatic hydroxyl groups excluding tert-OH is 1.